The molecule has 1 aliphatic heterocycles. The zero-order valence-electron chi connectivity index (χ0n) is 17.6. The number of nitrogens with zero attached hydrogens (tertiary/aromatic N) is 1. The summed E-state index contributed by atoms with van der Waals surface area (Å²) >= 11 is 3.22. The number of rotatable bonds is 3. The summed E-state index contributed by atoms with van der Waals surface area (Å²) in [6.45, 7) is 4.03. The van der Waals surface area contributed by atoms with Crippen molar-refractivity contribution in [2.24, 2.45) is 5.41 Å². The summed E-state index contributed by atoms with van der Waals surface area (Å²) in [5, 5.41) is 11.4. The highest BCUT2D eigenvalue weighted by molar-refractivity contribution is 9.10. The summed E-state index contributed by atoms with van der Waals surface area (Å²) in [6.07, 6.45) is 3.13. The largest absolute Gasteiger partial charge is 0.393 e. The summed E-state index contributed by atoms with van der Waals surface area (Å²) in [4.78, 5) is 5.87. The van der Waals surface area contributed by atoms with Crippen LogP contribution in [0.25, 0.3) is 10.9 Å². The Kier molecular flexibility index (Phi) is 4.10. The zero-order valence-corrected chi connectivity index (χ0v) is 19.1. The van der Waals surface area contributed by atoms with Gasteiger partial charge in [0.05, 0.1) is 12.1 Å². The van der Waals surface area contributed by atoms with Crippen LogP contribution >= 0.6 is 15.9 Å². The second-order valence-corrected chi connectivity index (χ2v) is 10.9. The molecule has 2 aromatic carbocycles. The minimum absolute atomic E-state index is 0.0260. The van der Waals surface area contributed by atoms with Gasteiger partial charge in [0.1, 0.15) is 11.6 Å². The first kappa shape index (κ1) is 19.9. The highest BCUT2D eigenvalue weighted by atomic mass is 79.9. The molecule has 31 heavy (non-hydrogen) atoms. The fourth-order valence-corrected chi connectivity index (χ4v) is 7.23. The van der Waals surface area contributed by atoms with E-state index in [0.29, 0.717) is 4.47 Å². The minimum atomic E-state index is -0.530. The zero-order chi connectivity index (χ0) is 21.7. The number of hydrogen-bond acceptors (Lipinski definition) is 2. The minimum Gasteiger partial charge on any atom is -0.393 e. The highest BCUT2D eigenvalue weighted by Crippen LogP contribution is 2.73. The second kappa shape index (κ2) is 6.40. The molecule has 2 unspecified atom stereocenters. The summed E-state index contributed by atoms with van der Waals surface area (Å²) in [7, 11) is 0. The van der Waals surface area contributed by atoms with Gasteiger partial charge >= 0.3 is 0 Å². The molecule has 3 nitrogen and oxygen atoms in total. The first-order valence-corrected chi connectivity index (χ1v) is 11.7. The van der Waals surface area contributed by atoms with Crippen LogP contribution in [0, 0.1) is 17.0 Å². The average Bonchev–Trinajstić information content (AvgIpc) is 2.98. The van der Waals surface area contributed by atoms with Crippen LogP contribution in [0.1, 0.15) is 56.0 Å². The van der Waals surface area contributed by atoms with E-state index in [9.17, 15) is 5.11 Å². The maximum absolute atomic E-state index is 15.3. The molecule has 0 spiro atoms. The number of H-pyrrole nitrogens is 1. The quantitative estimate of drug-likeness (QED) is 0.487. The van der Waals surface area contributed by atoms with Crippen LogP contribution in [0.2, 0.25) is 0 Å². The molecule has 2 N–H and O–H groups in total. The average molecular weight is 487 g/mol. The Bertz CT molecular complexity index is 1180. The maximum atomic E-state index is 15.3. The van der Waals surface area contributed by atoms with E-state index in [4.69, 9.17) is 0 Å². The van der Waals surface area contributed by atoms with Crippen molar-refractivity contribution in [2.75, 3.05) is 0 Å². The molecule has 0 saturated heterocycles. The molecular weight excluding hydrogens is 462 g/mol. The van der Waals surface area contributed by atoms with Crippen LogP contribution in [-0.4, -0.2) is 32.7 Å². The summed E-state index contributed by atoms with van der Waals surface area (Å²) in [5.41, 5.74) is 3.03. The van der Waals surface area contributed by atoms with Gasteiger partial charge < -0.3 is 10.1 Å². The third-order valence-electron chi connectivity index (χ3n) is 8.17. The van der Waals surface area contributed by atoms with Gasteiger partial charge in [-0.15, -0.1) is 0 Å². The Morgan fingerprint density at radius 3 is 2.45 bits per heavy atom. The van der Waals surface area contributed by atoms with Crippen LogP contribution < -0.4 is 0 Å². The number of hydrogen-bond donors (Lipinski definition) is 2. The monoisotopic (exact) mass is 486 g/mol. The standard InChI is InChI=1S/C25H25BrF2N2O/c1-13-7-17-16-5-3-4-6-20(16)29-22(17)23(21-18(27)8-15(26)9-19(21)28)30(13)25-10-24(11-25,12-25)14(2)31/h3-6,8-9,13-14,23,29,31H,7,10-12H2,1-2H3/t13?,14-,23?,24?,25?/m1/s1. The molecule has 2 bridgehead atoms. The Balaban J connectivity index is 1.55. The molecular formula is C25H25BrF2N2O. The normalized spacial score (nSPS) is 33.0. The van der Waals surface area contributed by atoms with Crippen molar-refractivity contribution in [2.45, 2.75) is 63.3 Å². The van der Waals surface area contributed by atoms with E-state index < -0.39 is 17.7 Å². The van der Waals surface area contributed by atoms with E-state index in [-0.39, 0.29) is 28.7 Å². The number of aliphatic hydroxyl groups is 1. The number of aromatic nitrogens is 1. The fourth-order valence-electron chi connectivity index (χ4n) is 6.83. The molecule has 1 aromatic heterocycles. The predicted octanol–water partition coefficient (Wildman–Crippen LogP) is 5.85. The summed E-state index contributed by atoms with van der Waals surface area (Å²) < 4.78 is 31.0. The molecule has 2 heterocycles. The fraction of sp³-hybridized carbons (Fsp3) is 0.440. The van der Waals surface area contributed by atoms with E-state index in [1.807, 2.05) is 25.1 Å². The molecule has 3 aromatic rings. The van der Waals surface area contributed by atoms with Gasteiger partial charge in [0.25, 0.3) is 0 Å². The third kappa shape index (κ3) is 2.55. The Hall–Kier alpha value is -1.76. The third-order valence-corrected chi connectivity index (χ3v) is 8.63. The van der Waals surface area contributed by atoms with Crippen molar-refractivity contribution in [1.29, 1.82) is 0 Å². The van der Waals surface area contributed by atoms with Crippen LogP contribution in [0.3, 0.4) is 0 Å². The van der Waals surface area contributed by atoms with Gasteiger partial charge in [-0.05, 0) is 63.3 Å². The molecule has 4 aliphatic rings. The van der Waals surface area contributed by atoms with Gasteiger partial charge in [0.2, 0.25) is 0 Å². The first-order chi connectivity index (χ1) is 14.7. The van der Waals surface area contributed by atoms with Crippen molar-refractivity contribution in [3.05, 3.63) is 69.3 Å². The number of benzene rings is 2. The van der Waals surface area contributed by atoms with Crippen LogP contribution in [0.4, 0.5) is 8.78 Å². The second-order valence-electron chi connectivity index (χ2n) is 10.0. The summed E-state index contributed by atoms with van der Waals surface area (Å²) in [5.74, 6) is -1.06. The smallest absolute Gasteiger partial charge is 0.132 e. The number of nitrogens with one attached hydrogen (secondary N) is 1. The maximum Gasteiger partial charge on any atom is 0.132 e. The lowest BCUT2D eigenvalue weighted by Gasteiger charge is -2.77. The molecule has 7 rings (SSSR count). The Morgan fingerprint density at radius 1 is 1.16 bits per heavy atom. The number of halogens is 3. The number of para-hydroxylation sites is 1. The van der Waals surface area contributed by atoms with E-state index in [0.717, 1.165) is 47.8 Å². The van der Waals surface area contributed by atoms with Crippen molar-refractivity contribution in [3.63, 3.8) is 0 Å². The lowest BCUT2D eigenvalue weighted by atomic mass is 9.36. The van der Waals surface area contributed by atoms with Gasteiger partial charge in [-0.2, -0.15) is 0 Å². The van der Waals surface area contributed by atoms with E-state index in [2.05, 4.69) is 38.8 Å². The molecule has 6 heteroatoms. The molecule has 3 atom stereocenters. The van der Waals surface area contributed by atoms with Gasteiger partial charge in [0, 0.05) is 43.6 Å². The molecule has 0 radical (unpaired) electrons. The van der Waals surface area contributed by atoms with Crippen molar-refractivity contribution >= 4 is 26.8 Å². The highest BCUT2D eigenvalue weighted by Gasteiger charge is 2.73. The van der Waals surface area contributed by atoms with E-state index >= 15 is 8.78 Å². The molecule has 3 saturated carbocycles. The summed E-state index contributed by atoms with van der Waals surface area (Å²) in [6, 6.07) is 10.4. The van der Waals surface area contributed by atoms with Gasteiger partial charge in [-0.3, -0.25) is 4.90 Å². The molecule has 0 amide bonds. The van der Waals surface area contributed by atoms with Crippen molar-refractivity contribution in [3.8, 4) is 0 Å². The lowest BCUT2D eigenvalue weighted by molar-refractivity contribution is -0.275. The SMILES string of the molecule is CC1Cc2c([nH]c3ccccc23)C(c2c(F)cc(Br)cc2F)N1C12CC([C@@H](C)O)(C1)C2. The Morgan fingerprint density at radius 2 is 1.81 bits per heavy atom. The molecule has 3 aliphatic carbocycles. The van der Waals surface area contributed by atoms with Gasteiger partial charge in [-0.1, -0.05) is 34.1 Å². The van der Waals surface area contributed by atoms with Crippen molar-refractivity contribution in [1.82, 2.24) is 9.88 Å². The van der Waals surface area contributed by atoms with Crippen LogP contribution in [-0.2, 0) is 6.42 Å². The lowest BCUT2D eigenvalue weighted by Crippen LogP contribution is -2.79. The molecule has 3 fully saturated rings. The van der Waals surface area contributed by atoms with Crippen LogP contribution in [0.5, 0.6) is 0 Å². The van der Waals surface area contributed by atoms with E-state index in [1.165, 1.54) is 12.1 Å². The number of aliphatic hydroxyl groups excluding tert-OH is 1. The number of fused-ring (bicyclic) bond motifs is 3. The number of aromatic amines is 1. The predicted molar refractivity (Wildman–Crippen MR) is 120 cm³/mol. The van der Waals surface area contributed by atoms with Crippen molar-refractivity contribution < 1.29 is 13.9 Å². The van der Waals surface area contributed by atoms with Crippen LogP contribution in [0.15, 0.2) is 40.9 Å². The molecule has 162 valence electrons. The Labute approximate surface area is 188 Å². The van der Waals surface area contributed by atoms with Gasteiger partial charge in [0.15, 0.2) is 0 Å². The topological polar surface area (TPSA) is 39.3 Å². The first-order valence-electron chi connectivity index (χ1n) is 11.0. The van der Waals surface area contributed by atoms with E-state index in [1.54, 1.807) is 0 Å². The van der Waals surface area contributed by atoms with Gasteiger partial charge in [-0.25, -0.2) is 8.78 Å².